The van der Waals surface area contributed by atoms with E-state index >= 15 is 0 Å². The van der Waals surface area contributed by atoms with Crippen molar-refractivity contribution >= 4 is 23.5 Å². The maximum atomic E-state index is 13.1. The number of carbonyl (C=O) groups is 3. The summed E-state index contributed by atoms with van der Waals surface area (Å²) in [4.78, 5) is 50.1. The average Bonchev–Trinajstić information content (AvgIpc) is 2.88. The van der Waals surface area contributed by atoms with Crippen LogP contribution in [0.2, 0.25) is 0 Å². The molecule has 0 saturated carbocycles. The summed E-state index contributed by atoms with van der Waals surface area (Å²) >= 11 is 0. The molecule has 0 unspecified atom stereocenters. The zero-order chi connectivity index (χ0) is 20.1. The van der Waals surface area contributed by atoms with E-state index in [4.69, 9.17) is 4.84 Å². The molecule has 0 spiro atoms. The van der Waals surface area contributed by atoms with Crippen LogP contribution in [0.4, 0.5) is 0 Å². The quantitative estimate of drug-likeness (QED) is 0.588. The van der Waals surface area contributed by atoms with Crippen molar-refractivity contribution < 1.29 is 19.2 Å². The monoisotopic (exact) mass is 385 g/mol. The second kappa shape index (κ2) is 8.77. The predicted molar refractivity (Wildman–Crippen MR) is 102 cm³/mol. The number of benzene rings is 1. The van der Waals surface area contributed by atoms with Crippen LogP contribution < -0.4 is 5.59 Å². The molecule has 0 radical (unpaired) electrons. The number of hydrazine groups is 1. The highest BCUT2D eigenvalue weighted by Gasteiger charge is 2.28. The van der Waals surface area contributed by atoms with Crippen molar-refractivity contribution in [1.29, 1.82) is 0 Å². The SMILES string of the molecule is CN1CCCN(C(=O)C(/C=C2\C(=O)ONN2C)=NC(=O)c2ccccc2)CC1. The fraction of sp³-hybridized carbons (Fsp3) is 0.368. The van der Waals surface area contributed by atoms with Gasteiger partial charge in [-0.3, -0.25) is 14.6 Å². The van der Waals surface area contributed by atoms with Crippen molar-refractivity contribution in [3.8, 4) is 0 Å². The third-order valence-electron chi connectivity index (χ3n) is 4.59. The molecule has 9 heteroatoms. The number of amides is 2. The Balaban J connectivity index is 1.93. The summed E-state index contributed by atoms with van der Waals surface area (Å²) < 4.78 is 0. The van der Waals surface area contributed by atoms with Crippen molar-refractivity contribution in [2.75, 3.05) is 40.3 Å². The fourth-order valence-electron chi connectivity index (χ4n) is 2.94. The maximum Gasteiger partial charge on any atom is 0.376 e. The van der Waals surface area contributed by atoms with E-state index in [1.54, 1.807) is 42.3 Å². The first-order valence-electron chi connectivity index (χ1n) is 9.04. The number of hydrogen-bond donors (Lipinski definition) is 1. The number of nitrogens with one attached hydrogen (secondary N) is 1. The molecule has 2 aliphatic rings. The van der Waals surface area contributed by atoms with Crippen molar-refractivity contribution in [2.45, 2.75) is 6.42 Å². The standard InChI is InChI=1S/C19H23N5O4/c1-22-9-6-10-24(12-11-22)18(26)15(13-16-19(27)28-21-23(16)2)20-17(25)14-7-4-3-5-8-14/h3-5,7-8,13,21H,6,9-12H2,1-2H3/b16-13+,20-15?. The smallest absolute Gasteiger partial charge is 0.345 e. The second-order valence-electron chi connectivity index (χ2n) is 6.69. The van der Waals surface area contributed by atoms with Gasteiger partial charge in [0.25, 0.3) is 11.8 Å². The Morgan fingerprint density at radius 1 is 1.11 bits per heavy atom. The lowest BCUT2D eigenvalue weighted by Crippen LogP contribution is -2.39. The first kappa shape index (κ1) is 19.7. The van der Waals surface area contributed by atoms with Crippen LogP contribution in [0.3, 0.4) is 0 Å². The van der Waals surface area contributed by atoms with E-state index in [9.17, 15) is 14.4 Å². The summed E-state index contributed by atoms with van der Waals surface area (Å²) in [6, 6.07) is 8.48. The molecule has 9 nitrogen and oxygen atoms in total. The van der Waals surface area contributed by atoms with Gasteiger partial charge in [0.2, 0.25) is 0 Å². The van der Waals surface area contributed by atoms with Gasteiger partial charge in [-0.05, 0) is 32.1 Å². The van der Waals surface area contributed by atoms with Gasteiger partial charge in [-0.25, -0.2) is 9.79 Å². The molecular formula is C19H23N5O4. The second-order valence-corrected chi connectivity index (χ2v) is 6.69. The molecule has 1 aromatic carbocycles. The van der Waals surface area contributed by atoms with Gasteiger partial charge in [0.05, 0.1) is 0 Å². The Hall–Kier alpha value is -3.04. The molecule has 1 N–H and O–H groups in total. The average molecular weight is 385 g/mol. The first-order valence-corrected chi connectivity index (χ1v) is 9.04. The number of aliphatic imine (C=N–C) groups is 1. The largest absolute Gasteiger partial charge is 0.376 e. The molecule has 2 aliphatic heterocycles. The van der Waals surface area contributed by atoms with Crippen LogP contribution in [0, 0.1) is 0 Å². The van der Waals surface area contributed by atoms with E-state index in [1.165, 1.54) is 11.1 Å². The summed E-state index contributed by atoms with van der Waals surface area (Å²) in [5.74, 6) is -1.58. The molecule has 0 bridgehead atoms. The van der Waals surface area contributed by atoms with Crippen LogP contribution in [0.5, 0.6) is 0 Å². The van der Waals surface area contributed by atoms with Gasteiger partial charge in [-0.1, -0.05) is 23.8 Å². The highest BCUT2D eigenvalue weighted by Crippen LogP contribution is 2.12. The van der Waals surface area contributed by atoms with Crippen LogP contribution in [-0.2, 0) is 14.4 Å². The third-order valence-corrected chi connectivity index (χ3v) is 4.59. The Labute approximate surface area is 163 Å². The van der Waals surface area contributed by atoms with Crippen molar-refractivity contribution in [2.24, 2.45) is 4.99 Å². The molecule has 148 valence electrons. The Morgan fingerprint density at radius 3 is 2.54 bits per heavy atom. The molecule has 3 rings (SSSR count). The summed E-state index contributed by atoms with van der Waals surface area (Å²) in [5, 5.41) is 1.33. The van der Waals surface area contributed by atoms with Crippen molar-refractivity contribution in [1.82, 2.24) is 20.4 Å². The molecule has 1 aromatic rings. The van der Waals surface area contributed by atoms with Crippen LogP contribution >= 0.6 is 0 Å². The van der Waals surface area contributed by atoms with E-state index < -0.39 is 11.9 Å². The lowest BCUT2D eigenvalue weighted by Gasteiger charge is -2.20. The Kier molecular flexibility index (Phi) is 6.17. The number of hydrogen-bond acceptors (Lipinski definition) is 7. The van der Waals surface area contributed by atoms with E-state index in [-0.39, 0.29) is 17.3 Å². The van der Waals surface area contributed by atoms with E-state index in [2.05, 4.69) is 15.5 Å². The topological polar surface area (TPSA) is 94.6 Å². The van der Waals surface area contributed by atoms with Gasteiger partial charge >= 0.3 is 5.97 Å². The summed E-state index contributed by atoms with van der Waals surface area (Å²) in [6.45, 7) is 2.70. The molecule has 2 amide bonds. The number of carbonyl (C=O) groups excluding carboxylic acids is 3. The molecule has 0 aromatic heterocycles. The molecule has 2 saturated heterocycles. The highest BCUT2D eigenvalue weighted by molar-refractivity contribution is 6.45. The van der Waals surface area contributed by atoms with Crippen LogP contribution in [0.15, 0.2) is 47.1 Å². The summed E-state index contributed by atoms with van der Waals surface area (Å²) in [6.07, 6.45) is 2.11. The maximum absolute atomic E-state index is 13.1. The van der Waals surface area contributed by atoms with Gasteiger partial charge in [0, 0.05) is 38.3 Å². The minimum atomic E-state index is -0.647. The minimum Gasteiger partial charge on any atom is -0.345 e. The summed E-state index contributed by atoms with van der Waals surface area (Å²) in [7, 11) is 3.57. The van der Waals surface area contributed by atoms with Gasteiger partial charge in [-0.2, -0.15) is 0 Å². The van der Waals surface area contributed by atoms with Gasteiger partial charge in [0.15, 0.2) is 0 Å². The Morgan fingerprint density at radius 2 is 1.86 bits per heavy atom. The normalized spacial score (nSPS) is 20.3. The highest BCUT2D eigenvalue weighted by atomic mass is 16.7. The lowest BCUT2D eigenvalue weighted by atomic mass is 10.2. The van der Waals surface area contributed by atoms with E-state index in [0.29, 0.717) is 18.7 Å². The van der Waals surface area contributed by atoms with Crippen LogP contribution in [-0.4, -0.2) is 78.6 Å². The number of nitrogens with zero attached hydrogens (tertiary/aromatic N) is 4. The van der Waals surface area contributed by atoms with Gasteiger partial charge < -0.3 is 14.6 Å². The summed E-state index contributed by atoms with van der Waals surface area (Å²) in [5.41, 5.74) is 2.75. The molecule has 2 heterocycles. The number of likely N-dealkylation sites (N-methyl/N-ethyl adjacent to an activating group) is 2. The Bertz CT molecular complexity index is 821. The first-order chi connectivity index (χ1) is 13.5. The molecule has 0 aliphatic carbocycles. The zero-order valence-electron chi connectivity index (χ0n) is 15.9. The lowest BCUT2D eigenvalue weighted by molar-refractivity contribution is -0.142. The molecule has 0 atom stereocenters. The third kappa shape index (κ3) is 4.62. The van der Waals surface area contributed by atoms with Crippen molar-refractivity contribution in [3.05, 3.63) is 47.7 Å². The van der Waals surface area contributed by atoms with E-state index in [1.807, 2.05) is 7.05 Å². The van der Waals surface area contributed by atoms with Crippen LogP contribution in [0.1, 0.15) is 16.8 Å². The zero-order valence-corrected chi connectivity index (χ0v) is 15.9. The van der Waals surface area contributed by atoms with E-state index in [0.717, 1.165) is 19.5 Å². The van der Waals surface area contributed by atoms with Crippen LogP contribution in [0.25, 0.3) is 0 Å². The van der Waals surface area contributed by atoms with Crippen molar-refractivity contribution in [3.63, 3.8) is 0 Å². The number of rotatable bonds is 3. The predicted octanol–water partition coefficient (Wildman–Crippen LogP) is 0.224. The molecule has 2 fully saturated rings. The fourth-order valence-corrected chi connectivity index (χ4v) is 2.94. The van der Waals surface area contributed by atoms with Gasteiger partial charge in [0.1, 0.15) is 11.4 Å². The minimum absolute atomic E-state index is 0.0964. The van der Waals surface area contributed by atoms with Gasteiger partial charge in [-0.15, -0.1) is 0 Å². The molecular weight excluding hydrogens is 362 g/mol. The molecule has 28 heavy (non-hydrogen) atoms.